The molecule has 1 aliphatic rings. The van der Waals surface area contributed by atoms with Crippen molar-refractivity contribution in [2.75, 3.05) is 11.4 Å². The molecule has 0 saturated heterocycles. The molecule has 2 rings (SSSR count). The van der Waals surface area contributed by atoms with E-state index in [2.05, 4.69) is 32.6 Å². The number of hydrogen-bond donors (Lipinski definition) is 1. The van der Waals surface area contributed by atoms with Crippen molar-refractivity contribution in [1.29, 1.82) is 0 Å². The van der Waals surface area contributed by atoms with Gasteiger partial charge in [-0.25, -0.2) is 9.97 Å². The first-order chi connectivity index (χ1) is 8.16. The summed E-state index contributed by atoms with van der Waals surface area (Å²) in [5, 5.41) is 0. The lowest BCUT2D eigenvalue weighted by molar-refractivity contribution is -0.116. The van der Waals surface area contributed by atoms with Crippen molar-refractivity contribution in [1.82, 2.24) is 9.97 Å². The van der Waals surface area contributed by atoms with Crippen LogP contribution in [0.25, 0.3) is 0 Å². The predicted octanol–water partition coefficient (Wildman–Crippen LogP) is 1.32. The minimum absolute atomic E-state index is 0.200. The van der Waals surface area contributed by atoms with Gasteiger partial charge in [0.15, 0.2) is 0 Å². The number of aromatic nitrogens is 2. The molecule has 1 aliphatic carbocycles. The second-order valence-electron chi connectivity index (χ2n) is 4.23. The number of nitrogens with two attached hydrogens (primary N) is 1. The number of hydrogen-bond acceptors (Lipinski definition) is 4. The molecule has 0 atom stereocenters. The van der Waals surface area contributed by atoms with Gasteiger partial charge in [0.2, 0.25) is 11.9 Å². The van der Waals surface area contributed by atoms with Crippen LogP contribution >= 0.6 is 22.6 Å². The molecular formula is C11H15IN4O. The highest BCUT2D eigenvalue weighted by molar-refractivity contribution is 14.1. The lowest BCUT2D eigenvalue weighted by Crippen LogP contribution is -2.41. The van der Waals surface area contributed by atoms with Crippen LogP contribution in [-0.2, 0) is 4.79 Å². The van der Waals surface area contributed by atoms with Crippen molar-refractivity contribution in [2.24, 2.45) is 5.73 Å². The summed E-state index contributed by atoms with van der Waals surface area (Å²) in [7, 11) is 0. The Balaban J connectivity index is 2.19. The molecule has 0 aliphatic heterocycles. The van der Waals surface area contributed by atoms with Crippen molar-refractivity contribution < 1.29 is 4.79 Å². The summed E-state index contributed by atoms with van der Waals surface area (Å²) in [6, 6.07) is 0.350. The van der Waals surface area contributed by atoms with Gasteiger partial charge in [-0.05, 0) is 35.4 Å². The molecule has 1 heterocycles. The van der Waals surface area contributed by atoms with Crippen LogP contribution in [0.4, 0.5) is 5.95 Å². The van der Waals surface area contributed by atoms with Gasteiger partial charge in [-0.3, -0.25) is 4.79 Å². The molecule has 0 unspecified atom stereocenters. The van der Waals surface area contributed by atoms with E-state index in [1.54, 1.807) is 12.4 Å². The lowest BCUT2D eigenvalue weighted by atomic mass is 10.2. The normalized spacial score (nSPS) is 16.1. The second-order valence-corrected chi connectivity index (χ2v) is 5.48. The third-order valence-electron chi connectivity index (χ3n) is 2.96. The topological polar surface area (TPSA) is 72.1 Å². The maximum Gasteiger partial charge on any atom is 0.237 e. The van der Waals surface area contributed by atoms with E-state index in [0.717, 1.165) is 16.4 Å². The number of anilines is 1. The van der Waals surface area contributed by atoms with Gasteiger partial charge in [0.05, 0.1) is 6.54 Å². The highest BCUT2D eigenvalue weighted by atomic mass is 127. The fraction of sp³-hybridized carbons (Fsp3) is 0.545. The molecule has 1 aromatic heterocycles. The van der Waals surface area contributed by atoms with Crippen LogP contribution < -0.4 is 10.6 Å². The summed E-state index contributed by atoms with van der Waals surface area (Å²) in [5.74, 6) is 0.273. The smallest absolute Gasteiger partial charge is 0.237 e. The van der Waals surface area contributed by atoms with E-state index in [-0.39, 0.29) is 12.5 Å². The Labute approximate surface area is 114 Å². The standard InChI is InChI=1S/C11H15IN4O/c12-8-5-14-11(15-6-8)16(7-10(13)17)9-3-1-2-4-9/h5-6,9H,1-4,7H2,(H2,13,17). The summed E-state index contributed by atoms with van der Waals surface area (Å²) < 4.78 is 0.983. The van der Waals surface area contributed by atoms with E-state index in [0.29, 0.717) is 12.0 Å². The minimum atomic E-state index is -0.334. The van der Waals surface area contributed by atoms with Crippen molar-refractivity contribution in [3.63, 3.8) is 0 Å². The third-order valence-corrected chi connectivity index (χ3v) is 3.51. The molecule has 1 saturated carbocycles. The molecule has 0 bridgehead atoms. The van der Waals surface area contributed by atoms with Crippen LogP contribution in [-0.4, -0.2) is 28.5 Å². The summed E-state index contributed by atoms with van der Waals surface area (Å²) in [6.45, 7) is 0.200. The molecule has 5 nitrogen and oxygen atoms in total. The SMILES string of the molecule is NC(=O)CN(c1ncc(I)cn1)C1CCCC1. The number of nitrogens with zero attached hydrogens (tertiary/aromatic N) is 3. The van der Waals surface area contributed by atoms with Crippen molar-refractivity contribution >= 4 is 34.4 Å². The Morgan fingerprint density at radius 2 is 2.00 bits per heavy atom. The summed E-state index contributed by atoms with van der Waals surface area (Å²) in [4.78, 5) is 21.6. The molecule has 17 heavy (non-hydrogen) atoms. The Hall–Kier alpha value is -0.920. The second kappa shape index (κ2) is 5.61. The first kappa shape index (κ1) is 12.5. The molecule has 6 heteroatoms. The number of carbonyl (C=O) groups excluding carboxylic acids is 1. The molecular weight excluding hydrogens is 331 g/mol. The molecule has 92 valence electrons. The van der Waals surface area contributed by atoms with E-state index in [1.165, 1.54) is 12.8 Å². The average molecular weight is 346 g/mol. The van der Waals surface area contributed by atoms with E-state index in [1.807, 2.05) is 4.90 Å². The fourth-order valence-electron chi connectivity index (χ4n) is 2.20. The van der Waals surface area contributed by atoms with Gasteiger partial charge < -0.3 is 10.6 Å². The van der Waals surface area contributed by atoms with Crippen LogP contribution in [0.15, 0.2) is 12.4 Å². The first-order valence-electron chi connectivity index (χ1n) is 5.69. The zero-order valence-corrected chi connectivity index (χ0v) is 11.6. The zero-order chi connectivity index (χ0) is 12.3. The average Bonchev–Trinajstić information content (AvgIpc) is 2.80. The van der Waals surface area contributed by atoms with Gasteiger partial charge in [-0.2, -0.15) is 0 Å². The Morgan fingerprint density at radius 1 is 1.41 bits per heavy atom. The molecule has 1 aromatic rings. The molecule has 1 fully saturated rings. The van der Waals surface area contributed by atoms with Crippen LogP contribution in [0.1, 0.15) is 25.7 Å². The highest BCUT2D eigenvalue weighted by Crippen LogP contribution is 2.25. The van der Waals surface area contributed by atoms with Gasteiger partial charge in [-0.15, -0.1) is 0 Å². The Kier molecular flexibility index (Phi) is 4.14. The zero-order valence-electron chi connectivity index (χ0n) is 9.47. The highest BCUT2D eigenvalue weighted by Gasteiger charge is 2.25. The van der Waals surface area contributed by atoms with Gasteiger partial charge in [0, 0.05) is 22.0 Å². The van der Waals surface area contributed by atoms with Crippen LogP contribution in [0, 0.1) is 3.57 Å². The number of halogens is 1. The van der Waals surface area contributed by atoms with Gasteiger partial charge >= 0.3 is 0 Å². The maximum atomic E-state index is 11.1. The predicted molar refractivity (Wildman–Crippen MR) is 73.5 cm³/mol. The van der Waals surface area contributed by atoms with E-state index < -0.39 is 0 Å². The molecule has 0 radical (unpaired) electrons. The van der Waals surface area contributed by atoms with Gasteiger partial charge in [-0.1, -0.05) is 12.8 Å². The van der Waals surface area contributed by atoms with E-state index in [4.69, 9.17) is 5.73 Å². The first-order valence-corrected chi connectivity index (χ1v) is 6.77. The number of rotatable bonds is 4. The lowest BCUT2D eigenvalue weighted by Gasteiger charge is -2.27. The molecule has 0 aromatic carbocycles. The largest absolute Gasteiger partial charge is 0.368 e. The van der Waals surface area contributed by atoms with Crippen LogP contribution in [0.3, 0.4) is 0 Å². The molecule has 2 N–H and O–H groups in total. The van der Waals surface area contributed by atoms with Gasteiger partial charge in [0.1, 0.15) is 0 Å². The summed E-state index contributed by atoms with van der Waals surface area (Å²) >= 11 is 2.16. The van der Waals surface area contributed by atoms with Crippen molar-refractivity contribution in [3.05, 3.63) is 16.0 Å². The van der Waals surface area contributed by atoms with Crippen LogP contribution in [0.5, 0.6) is 0 Å². The van der Waals surface area contributed by atoms with Gasteiger partial charge in [0.25, 0.3) is 0 Å². The number of primary amides is 1. The van der Waals surface area contributed by atoms with E-state index in [9.17, 15) is 4.79 Å². The molecule has 0 spiro atoms. The van der Waals surface area contributed by atoms with Crippen molar-refractivity contribution in [2.45, 2.75) is 31.7 Å². The quantitative estimate of drug-likeness (QED) is 0.835. The van der Waals surface area contributed by atoms with Crippen LogP contribution in [0.2, 0.25) is 0 Å². The maximum absolute atomic E-state index is 11.1. The van der Waals surface area contributed by atoms with Crippen molar-refractivity contribution in [3.8, 4) is 0 Å². The number of amides is 1. The Morgan fingerprint density at radius 3 is 2.53 bits per heavy atom. The monoisotopic (exact) mass is 346 g/mol. The third kappa shape index (κ3) is 3.27. The fourth-order valence-corrected chi connectivity index (χ4v) is 2.48. The minimum Gasteiger partial charge on any atom is -0.368 e. The Bertz CT molecular complexity index is 389. The summed E-state index contributed by atoms with van der Waals surface area (Å²) in [6.07, 6.45) is 8.08. The molecule has 1 amide bonds. The van der Waals surface area contributed by atoms with E-state index >= 15 is 0 Å². The number of carbonyl (C=O) groups is 1. The summed E-state index contributed by atoms with van der Waals surface area (Å²) in [5.41, 5.74) is 5.29.